The number of aliphatic carboxylic acids is 1. The van der Waals surface area contributed by atoms with E-state index in [0.717, 1.165) is 17.6 Å². The number of alkyl halides is 2. The Morgan fingerprint density at radius 2 is 1.85 bits per heavy atom. The molecule has 2 rings (SSSR count). The molecule has 0 heterocycles. The Labute approximate surface area is 117 Å². The van der Waals surface area contributed by atoms with Crippen molar-refractivity contribution in [3.8, 4) is 0 Å². The van der Waals surface area contributed by atoms with Crippen LogP contribution in [0.4, 0.5) is 8.78 Å². The molecule has 4 heteroatoms. The lowest BCUT2D eigenvalue weighted by Gasteiger charge is -2.32. The van der Waals surface area contributed by atoms with Crippen LogP contribution in [0.3, 0.4) is 0 Å². The number of rotatable bonds is 3. The molecule has 108 valence electrons. The maximum Gasteiger partial charge on any atom is 0.331 e. The average molecular weight is 280 g/mol. The van der Waals surface area contributed by atoms with Crippen molar-refractivity contribution in [3.05, 3.63) is 41.0 Å². The Balaban J connectivity index is 2.42. The third-order valence-electron chi connectivity index (χ3n) is 3.84. The van der Waals surface area contributed by atoms with Gasteiger partial charge < -0.3 is 5.11 Å². The highest BCUT2D eigenvalue weighted by Crippen LogP contribution is 2.43. The van der Waals surface area contributed by atoms with Crippen molar-refractivity contribution in [2.75, 3.05) is 0 Å². The van der Waals surface area contributed by atoms with E-state index in [0.29, 0.717) is 18.4 Å². The predicted octanol–water partition coefficient (Wildman–Crippen LogP) is 4.67. The second kappa shape index (κ2) is 5.35. The number of halogens is 2. The third-order valence-corrected chi connectivity index (χ3v) is 3.84. The average Bonchev–Trinajstić information content (AvgIpc) is 2.37. The lowest BCUT2D eigenvalue weighted by molar-refractivity contribution is -0.132. The molecule has 20 heavy (non-hydrogen) atoms. The van der Waals surface area contributed by atoms with Gasteiger partial charge in [-0.15, -0.1) is 0 Å². The molecule has 0 aromatic heterocycles. The topological polar surface area (TPSA) is 37.3 Å². The van der Waals surface area contributed by atoms with Gasteiger partial charge in [-0.3, -0.25) is 0 Å². The molecule has 1 aliphatic carbocycles. The van der Waals surface area contributed by atoms with E-state index in [9.17, 15) is 18.7 Å². The summed E-state index contributed by atoms with van der Waals surface area (Å²) in [5, 5.41) is 9.31. The summed E-state index contributed by atoms with van der Waals surface area (Å²) in [6, 6.07) is 5.94. The van der Waals surface area contributed by atoms with Gasteiger partial charge in [0.15, 0.2) is 0 Å². The number of benzene rings is 1. The zero-order valence-electron chi connectivity index (χ0n) is 11.6. The first-order valence-corrected chi connectivity index (χ1v) is 6.64. The Kier molecular flexibility index (Phi) is 3.93. The summed E-state index contributed by atoms with van der Waals surface area (Å²) in [5.41, 5.74) is 1.92. The summed E-state index contributed by atoms with van der Waals surface area (Å²) < 4.78 is 25.1. The molecular formula is C16H18F2O2. The largest absolute Gasteiger partial charge is 0.478 e. The van der Waals surface area contributed by atoms with Crippen molar-refractivity contribution >= 4 is 11.5 Å². The van der Waals surface area contributed by atoms with E-state index in [1.165, 1.54) is 12.1 Å². The summed E-state index contributed by atoms with van der Waals surface area (Å²) in [7, 11) is 0. The summed E-state index contributed by atoms with van der Waals surface area (Å²) in [5.74, 6) is -0.909. The lowest BCUT2D eigenvalue weighted by Crippen LogP contribution is -2.21. The van der Waals surface area contributed by atoms with Gasteiger partial charge in [0.25, 0.3) is 6.43 Å². The minimum absolute atomic E-state index is 0.0374. The number of carbonyl (C=O) groups is 1. The molecule has 0 unspecified atom stereocenters. The maximum atomic E-state index is 12.6. The van der Waals surface area contributed by atoms with E-state index < -0.39 is 12.4 Å². The SMILES string of the molecule is CC1(C)CCC(C(=O)O)=C(c2ccc(C(F)F)cc2)C1. The molecule has 0 atom stereocenters. The van der Waals surface area contributed by atoms with Crippen molar-refractivity contribution in [3.63, 3.8) is 0 Å². The summed E-state index contributed by atoms with van der Waals surface area (Å²) in [4.78, 5) is 11.3. The van der Waals surface area contributed by atoms with E-state index >= 15 is 0 Å². The highest BCUT2D eigenvalue weighted by molar-refractivity contribution is 5.97. The van der Waals surface area contributed by atoms with Crippen molar-refractivity contribution in [1.82, 2.24) is 0 Å². The van der Waals surface area contributed by atoms with Gasteiger partial charge in [-0.25, -0.2) is 13.6 Å². The molecule has 2 nitrogen and oxygen atoms in total. The number of carboxylic acids is 1. The second-order valence-electron chi connectivity index (χ2n) is 6.03. The highest BCUT2D eigenvalue weighted by atomic mass is 19.3. The van der Waals surface area contributed by atoms with Crippen molar-refractivity contribution in [1.29, 1.82) is 0 Å². The predicted molar refractivity (Wildman–Crippen MR) is 73.6 cm³/mol. The highest BCUT2D eigenvalue weighted by Gasteiger charge is 2.30. The van der Waals surface area contributed by atoms with E-state index in [1.807, 2.05) is 0 Å². The van der Waals surface area contributed by atoms with Gasteiger partial charge in [-0.1, -0.05) is 38.1 Å². The summed E-state index contributed by atoms with van der Waals surface area (Å²) in [6.45, 7) is 4.19. The Hall–Kier alpha value is -1.71. The fraction of sp³-hybridized carbons (Fsp3) is 0.438. The van der Waals surface area contributed by atoms with Gasteiger partial charge in [0.1, 0.15) is 0 Å². The molecule has 1 aromatic rings. The molecule has 0 saturated carbocycles. The molecule has 0 fully saturated rings. The van der Waals surface area contributed by atoms with Crippen molar-refractivity contribution < 1.29 is 18.7 Å². The van der Waals surface area contributed by atoms with Gasteiger partial charge in [0, 0.05) is 11.1 Å². The van der Waals surface area contributed by atoms with Gasteiger partial charge in [-0.05, 0) is 35.8 Å². The van der Waals surface area contributed by atoms with Crippen LogP contribution in [0.5, 0.6) is 0 Å². The normalized spacial score (nSPS) is 18.4. The monoisotopic (exact) mass is 280 g/mol. The van der Waals surface area contributed by atoms with Crippen molar-refractivity contribution in [2.45, 2.75) is 39.5 Å². The zero-order valence-corrected chi connectivity index (χ0v) is 11.6. The van der Waals surface area contributed by atoms with Gasteiger partial charge in [0.05, 0.1) is 0 Å². The van der Waals surface area contributed by atoms with Crippen LogP contribution >= 0.6 is 0 Å². The van der Waals surface area contributed by atoms with Crippen LogP contribution in [-0.2, 0) is 4.79 Å². The van der Waals surface area contributed by atoms with E-state index in [4.69, 9.17) is 0 Å². The van der Waals surface area contributed by atoms with E-state index in [1.54, 1.807) is 12.1 Å². The molecule has 0 bridgehead atoms. The van der Waals surface area contributed by atoms with E-state index in [-0.39, 0.29) is 11.0 Å². The molecule has 0 radical (unpaired) electrons. The fourth-order valence-electron chi connectivity index (χ4n) is 2.63. The van der Waals surface area contributed by atoms with Crippen LogP contribution in [0.2, 0.25) is 0 Å². The quantitative estimate of drug-likeness (QED) is 0.873. The molecule has 1 N–H and O–H groups in total. The van der Waals surface area contributed by atoms with Crippen molar-refractivity contribution in [2.24, 2.45) is 5.41 Å². The van der Waals surface area contributed by atoms with Crippen LogP contribution in [-0.4, -0.2) is 11.1 Å². The van der Waals surface area contributed by atoms with Crippen LogP contribution in [0, 0.1) is 5.41 Å². The molecule has 0 aliphatic heterocycles. The number of hydrogen-bond donors (Lipinski definition) is 1. The standard InChI is InChI=1S/C16H18F2O2/c1-16(2)8-7-12(15(19)20)13(9-16)10-3-5-11(6-4-10)14(17)18/h3-6,14H,7-9H2,1-2H3,(H,19,20). The summed E-state index contributed by atoms with van der Waals surface area (Å²) in [6.07, 6.45) is -0.496. The third kappa shape index (κ3) is 3.06. The van der Waals surface area contributed by atoms with E-state index in [2.05, 4.69) is 13.8 Å². The van der Waals surface area contributed by atoms with Crippen LogP contribution in [0.25, 0.3) is 5.57 Å². The molecular weight excluding hydrogens is 262 g/mol. The Bertz CT molecular complexity index is 542. The molecule has 0 spiro atoms. The molecule has 0 saturated heterocycles. The smallest absolute Gasteiger partial charge is 0.331 e. The van der Waals surface area contributed by atoms with Crippen LogP contribution in [0.1, 0.15) is 50.7 Å². The maximum absolute atomic E-state index is 12.6. The summed E-state index contributed by atoms with van der Waals surface area (Å²) >= 11 is 0. The van der Waals surface area contributed by atoms with Gasteiger partial charge in [0.2, 0.25) is 0 Å². The number of hydrogen-bond acceptors (Lipinski definition) is 1. The molecule has 1 aromatic carbocycles. The lowest BCUT2D eigenvalue weighted by atomic mass is 9.72. The Morgan fingerprint density at radius 3 is 2.35 bits per heavy atom. The van der Waals surface area contributed by atoms with Crippen LogP contribution < -0.4 is 0 Å². The minimum atomic E-state index is -2.50. The van der Waals surface area contributed by atoms with Gasteiger partial charge in [-0.2, -0.15) is 0 Å². The minimum Gasteiger partial charge on any atom is -0.478 e. The van der Waals surface area contributed by atoms with Gasteiger partial charge >= 0.3 is 5.97 Å². The van der Waals surface area contributed by atoms with Crippen LogP contribution in [0.15, 0.2) is 29.8 Å². The second-order valence-corrected chi connectivity index (χ2v) is 6.03. The first kappa shape index (κ1) is 14.7. The fourth-order valence-corrected chi connectivity index (χ4v) is 2.63. The first-order chi connectivity index (χ1) is 9.30. The molecule has 0 amide bonds. The Morgan fingerprint density at radius 1 is 1.25 bits per heavy atom. The molecule has 1 aliphatic rings. The first-order valence-electron chi connectivity index (χ1n) is 6.64. The zero-order chi connectivity index (χ0) is 14.9. The number of carboxylic acid groups (broad SMARTS) is 1. The number of allylic oxidation sites excluding steroid dienone is 1.